The van der Waals surface area contributed by atoms with Crippen molar-refractivity contribution in [2.45, 2.75) is 0 Å². The van der Waals surface area contributed by atoms with Crippen LogP contribution >= 0.6 is 0 Å². The van der Waals surface area contributed by atoms with E-state index in [0.29, 0.717) is 0 Å². The predicted octanol–water partition coefficient (Wildman–Crippen LogP) is 3.69. The van der Waals surface area contributed by atoms with Gasteiger partial charge in [-0.25, -0.2) is 0 Å². The van der Waals surface area contributed by atoms with Gasteiger partial charge in [-0.1, -0.05) is 48.5 Å². The Bertz CT molecular complexity index is 432. The van der Waals surface area contributed by atoms with Crippen LogP contribution in [0, 0.1) is 0 Å². The molecule has 0 aromatic heterocycles. The summed E-state index contributed by atoms with van der Waals surface area (Å²) in [5.41, 5.74) is 3.23. The van der Waals surface area contributed by atoms with Crippen LogP contribution in [0.15, 0.2) is 59.6 Å². The van der Waals surface area contributed by atoms with Gasteiger partial charge < -0.3 is 0 Å². The van der Waals surface area contributed by atoms with Gasteiger partial charge in [-0.2, -0.15) is 0 Å². The topological polar surface area (TPSA) is 12.4 Å². The largest absolute Gasteiger partial charge is 0.264 e. The average Bonchev–Trinajstić information content (AvgIpc) is 2.30. The maximum absolute atomic E-state index is 4.00. The van der Waals surface area contributed by atoms with Crippen molar-refractivity contribution in [1.82, 2.24) is 0 Å². The highest BCUT2D eigenvalue weighted by Gasteiger charge is 2.00. The SMILES string of the molecule is C=Nc1ccccc1-c1ccccc1. The van der Waals surface area contributed by atoms with Crippen molar-refractivity contribution in [3.63, 3.8) is 0 Å². The second-order valence-corrected chi connectivity index (χ2v) is 3.04. The zero-order valence-corrected chi connectivity index (χ0v) is 7.85. The van der Waals surface area contributed by atoms with Crippen LogP contribution in [-0.4, -0.2) is 6.72 Å². The standard InChI is InChI=1S/C13H11N/c1-14-13-10-6-5-9-12(13)11-7-3-2-4-8-11/h2-10H,1H2. The third kappa shape index (κ3) is 1.57. The third-order valence-corrected chi connectivity index (χ3v) is 2.16. The highest BCUT2D eigenvalue weighted by Crippen LogP contribution is 2.28. The number of benzene rings is 2. The Kier molecular flexibility index (Phi) is 2.41. The first-order valence-corrected chi connectivity index (χ1v) is 4.53. The molecule has 0 fully saturated rings. The summed E-state index contributed by atoms with van der Waals surface area (Å²) in [4.78, 5) is 4.00. The molecule has 0 saturated carbocycles. The van der Waals surface area contributed by atoms with Crippen LogP contribution < -0.4 is 0 Å². The van der Waals surface area contributed by atoms with E-state index >= 15 is 0 Å². The van der Waals surface area contributed by atoms with E-state index in [1.165, 1.54) is 5.56 Å². The van der Waals surface area contributed by atoms with Gasteiger partial charge in [0.25, 0.3) is 0 Å². The van der Waals surface area contributed by atoms with Crippen molar-refractivity contribution in [2.75, 3.05) is 0 Å². The molecule has 0 bridgehead atoms. The van der Waals surface area contributed by atoms with E-state index in [1.807, 2.05) is 36.4 Å². The molecule has 0 atom stereocenters. The summed E-state index contributed by atoms with van der Waals surface area (Å²) in [7, 11) is 0. The highest BCUT2D eigenvalue weighted by atomic mass is 14.7. The van der Waals surface area contributed by atoms with Gasteiger partial charge in [-0.15, -0.1) is 0 Å². The van der Waals surface area contributed by atoms with Gasteiger partial charge in [0.2, 0.25) is 0 Å². The summed E-state index contributed by atoms with van der Waals surface area (Å²) < 4.78 is 0. The molecule has 0 aliphatic rings. The van der Waals surface area contributed by atoms with E-state index in [-0.39, 0.29) is 0 Å². The van der Waals surface area contributed by atoms with Crippen molar-refractivity contribution < 1.29 is 0 Å². The summed E-state index contributed by atoms with van der Waals surface area (Å²) in [5, 5.41) is 0. The maximum atomic E-state index is 4.00. The van der Waals surface area contributed by atoms with Gasteiger partial charge in [0.05, 0.1) is 5.69 Å². The van der Waals surface area contributed by atoms with E-state index in [9.17, 15) is 0 Å². The van der Waals surface area contributed by atoms with Gasteiger partial charge in [0.1, 0.15) is 0 Å². The molecule has 14 heavy (non-hydrogen) atoms. The van der Waals surface area contributed by atoms with Gasteiger partial charge in [-0.3, -0.25) is 4.99 Å². The number of hydrogen-bond donors (Lipinski definition) is 0. The lowest BCUT2D eigenvalue weighted by atomic mass is 10.0. The van der Waals surface area contributed by atoms with E-state index in [4.69, 9.17) is 0 Å². The van der Waals surface area contributed by atoms with Crippen LogP contribution in [0.1, 0.15) is 0 Å². The molecular weight excluding hydrogens is 170 g/mol. The van der Waals surface area contributed by atoms with E-state index in [0.717, 1.165) is 11.3 Å². The second kappa shape index (κ2) is 3.88. The number of hydrogen-bond acceptors (Lipinski definition) is 1. The summed E-state index contributed by atoms with van der Waals surface area (Å²) in [6, 6.07) is 18.2. The van der Waals surface area contributed by atoms with Crippen LogP contribution in [0.4, 0.5) is 5.69 Å². The van der Waals surface area contributed by atoms with Crippen LogP contribution in [0.5, 0.6) is 0 Å². The normalized spacial score (nSPS) is 9.71. The molecule has 1 heteroatoms. The molecule has 2 aromatic carbocycles. The van der Waals surface area contributed by atoms with Crippen LogP contribution in [0.25, 0.3) is 11.1 Å². The number of rotatable bonds is 2. The lowest BCUT2D eigenvalue weighted by Crippen LogP contribution is -1.76. The van der Waals surface area contributed by atoms with Crippen LogP contribution in [-0.2, 0) is 0 Å². The fraction of sp³-hybridized carbons (Fsp3) is 0. The van der Waals surface area contributed by atoms with E-state index in [1.54, 1.807) is 0 Å². The molecule has 0 heterocycles. The number of para-hydroxylation sites is 1. The molecule has 68 valence electrons. The molecule has 0 amide bonds. The smallest absolute Gasteiger partial charge is 0.0700 e. The molecule has 0 unspecified atom stereocenters. The fourth-order valence-electron chi connectivity index (χ4n) is 1.47. The molecule has 0 aliphatic carbocycles. The van der Waals surface area contributed by atoms with Gasteiger partial charge in [0, 0.05) is 5.56 Å². The van der Waals surface area contributed by atoms with Gasteiger partial charge >= 0.3 is 0 Å². The van der Waals surface area contributed by atoms with Crippen molar-refractivity contribution in [2.24, 2.45) is 4.99 Å². The second-order valence-electron chi connectivity index (χ2n) is 3.04. The minimum atomic E-state index is 0.929. The van der Waals surface area contributed by atoms with Gasteiger partial charge in [-0.05, 0) is 18.3 Å². The lowest BCUT2D eigenvalue weighted by Gasteiger charge is -2.04. The molecular formula is C13H11N. The zero-order chi connectivity index (χ0) is 9.80. The van der Waals surface area contributed by atoms with Gasteiger partial charge in [0.15, 0.2) is 0 Å². The Hall–Kier alpha value is -1.89. The zero-order valence-electron chi connectivity index (χ0n) is 7.85. The number of aliphatic imine (C=N–C) groups is 1. The summed E-state index contributed by atoms with van der Waals surface area (Å²) in [6.45, 7) is 3.57. The molecule has 0 saturated heterocycles. The monoisotopic (exact) mass is 181 g/mol. The quantitative estimate of drug-likeness (QED) is 0.626. The predicted molar refractivity (Wildman–Crippen MR) is 61.1 cm³/mol. The van der Waals surface area contributed by atoms with Crippen molar-refractivity contribution in [3.05, 3.63) is 54.6 Å². The molecule has 2 aromatic rings. The Morgan fingerprint density at radius 1 is 0.786 bits per heavy atom. The first-order valence-electron chi connectivity index (χ1n) is 4.53. The minimum absolute atomic E-state index is 0.929. The molecule has 2 rings (SSSR count). The first kappa shape index (κ1) is 8.70. The first-order chi connectivity index (χ1) is 6.92. The fourth-order valence-corrected chi connectivity index (χ4v) is 1.47. The third-order valence-electron chi connectivity index (χ3n) is 2.16. The van der Waals surface area contributed by atoms with E-state index in [2.05, 4.69) is 29.9 Å². The molecule has 0 radical (unpaired) electrons. The van der Waals surface area contributed by atoms with Crippen LogP contribution in [0.3, 0.4) is 0 Å². The number of nitrogens with zero attached hydrogens (tertiary/aromatic N) is 1. The summed E-state index contributed by atoms with van der Waals surface area (Å²) in [5.74, 6) is 0. The van der Waals surface area contributed by atoms with Crippen molar-refractivity contribution >= 4 is 12.4 Å². The van der Waals surface area contributed by atoms with Crippen LogP contribution in [0.2, 0.25) is 0 Å². The van der Waals surface area contributed by atoms with E-state index < -0.39 is 0 Å². The summed E-state index contributed by atoms with van der Waals surface area (Å²) >= 11 is 0. The molecule has 0 spiro atoms. The molecule has 0 aliphatic heterocycles. The minimum Gasteiger partial charge on any atom is -0.264 e. The Balaban J connectivity index is 2.57. The van der Waals surface area contributed by atoms with Crippen molar-refractivity contribution in [1.29, 1.82) is 0 Å². The molecule has 1 nitrogen and oxygen atoms in total. The lowest BCUT2D eigenvalue weighted by molar-refractivity contribution is 1.53. The molecule has 0 N–H and O–H groups in total. The Morgan fingerprint density at radius 3 is 2.14 bits per heavy atom. The Morgan fingerprint density at radius 2 is 1.43 bits per heavy atom. The Labute approximate surface area is 83.7 Å². The average molecular weight is 181 g/mol. The maximum Gasteiger partial charge on any atom is 0.0700 e. The van der Waals surface area contributed by atoms with Crippen molar-refractivity contribution in [3.8, 4) is 11.1 Å². The summed E-state index contributed by atoms with van der Waals surface area (Å²) in [6.07, 6.45) is 0. The highest BCUT2D eigenvalue weighted by molar-refractivity contribution is 5.76.